The van der Waals surface area contributed by atoms with E-state index in [2.05, 4.69) is 60.8 Å². The Balaban J connectivity index is 1.81. The number of hydrogen-bond acceptors (Lipinski definition) is 2. The molecule has 0 spiro atoms. The van der Waals surface area contributed by atoms with Gasteiger partial charge in [0.2, 0.25) is 0 Å². The van der Waals surface area contributed by atoms with Crippen molar-refractivity contribution in [2.75, 3.05) is 6.54 Å². The molecule has 0 radical (unpaired) electrons. The van der Waals surface area contributed by atoms with Gasteiger partial charge < -0.3 is 10.1 Å². The van der Waals surface area contributed by atoms with Gasteiger partial charge in [0.1, 0.15) is 0 Å². The first-order valence-electron chi connectivity index (χ1n) is 7.83. The Morgan fingerprint density at radius 2 is 1.86 bits per heavy atom. The molecule has 1 aliphatic heterocycles. The fourth-order valence-corrected chi connectivity index (χ4v) is 2.88. The third kappa shape index (κ3) is 3.52. The first-order chi connectivity index (χ1) is 10.4. The number of nitrogens with one attached hydrogen (secondary N) is 1. The van der Waals surface area contributed by atoms with Crippen LogP contribution in [-0.2, 0) is 24.4 Å². The Morgan fingerprint density at radius 3 is 2.67 bits per heavy atom. The first-order valence-corrected chi connectivity index (χ1v) is 7.83. The van der Waals surface area contributed by atoms with Crippen LogP contribution >= 0.6 is 0 Å². The Kier molecular flexibility index (Phi) is 4.69. The van der Waals surface area contributed by atoms with Crippen molar-refractivity contribution in [1.82, 2.24) is 5.32 Å². The van der Waals surface area contributed by atoms with E-state index in [9.17, 15) is 0 Å². The molecule has 0 saturated heterocycles. The van der Waals surface area contributed by atoms with Crippen molar-refractivity contribution in [3.63, 3.8) is 0 Å². The lowest BCUT2D eigenvalue weighted by Crippen LogP contribution is -2.24. The molecule has 0 saturated carbocycles. The molecule has 1 atom stereocenters. The summed E-state index contributed by atoms with van der Waals surface area (Å²) >= 11 is 0. The molecule has 3 rings (SSSR count). The van der Waals surface area contributed by atoms with Crippen LogP contribution in [0.2, 0.25) is 0 Å². The van der Waals surface area contributed by atoms with E-state index in [4.69, 9.17) is 4.74 Å². The highest BCUT2D eigenvalue weighted by Gasteiger charge is 2.16. The molecule has 110 valence electrons. The summed E-state index contributed by atoms with van der Waals surface area (Å²) in [5.41, 5.74) is 5.44. The maximum absolute atomic E-state index is 5.53. The topological polar surface area (TPSA) is 21.3 Å². The minimum absolute atomic E-state index is 0.373. The van der Waals surface area contributed by atoms with Crippen molar-refractivity contribution in [3.8, 4) is 0 Å². The highest BCUT2D eigenvalue weighted by Crippen LogP contribution is 2.25. The van der Waals surface area contributed by atoms with Crippen LogP contribution in [0.15, 0.2) is 48.5 Å². The lowest BCUT2D eigenvalue weighted by atomic mass is 9.96. The van der Waals surface area contributed by atoms with Gasteiger partial charge in [0.15, 0.2) is 0 Å². The summed E-state index contributed by atoms with van der Waals surface area (Å²) in [6.45, 7) is 4.78. The molecule has 1 aliphatic rings. The van der Waals surface area contributed by atoms with Crippen LogP contribution in [0.3, 0.4) is 0 Å². The van der Waals surface area contributed by atoms with Gasteiger partial charge in [-0.05, 0) is 41.6 Å². The lowest BCUT2D eigenvalue weighted by molar-refractivity contribution is 0.134. The monoisotopic (exact) mass is 281 g/mol. The minimum atomic E-state index is 0.373. The van der Waals surface area contributed by atoms with E-state index >= 15 is 0 Å². The Bertz CT molecular complexity index is 579. The fourth-order valence-electron chi connectivity index (χ4n) is 2.88. The molecule has 0 amide bonds. The largest absolute Gasteiger partial charge is 0.372 e. The van der Waals surface area contributed by atoms with Crippen LogP contribution < -0.4 is 5.32 Å². The predicted octanol–water partition coefficient (Wildman–Crippen LogP) is 4.00. The van der Waals surface area contributed by atoms with E-state index in [0.717, 1.165) is 32.6 Å². The van der Waals surface area contributed by atoms with E-state index in [0.29, 0.717) is 6.04 Å². The molecular weight excluding hydrogens is 258 g/mol. The van der Waals surface area contributed by atoms with Crippen LogP contribution in [0, 0.1) is 0 Å². The molecule has 1 heterocycles. The number of benzene rings is 2. The summed E-state index contributed by atoms with van der Waals surface area (Å²) in [5, 5.41) is 3.68. The zero-order valence-electron chi connectivity index (χ0n) is 12.6. The normalized spacial score (nSPS) is 14.9. The maximum atomic E-state index is 5.53. The molecule has 1 unspecified atom stereocenters. The van der Waals surface area contributed by atoms with Gasteiger partial charge >= 0.3 is 0 Å². The van der Waals surface area contributed by atoms with Gasteiger partial charge in [-0.1, -0.05) is 55.5 Å². The number of rotatable bonds is 6. The molecule has 0 fully saturated rings. The van der Waals surface area contributed by atoms with Gasteiger partial charge in [-0.15, -0.1) is 0 Å². The predicted molar refractivity (Wildman–Crippen MR) is 86.1 cm³/mol. The summed E-state index contributed by atoms with van der Waals surface area (Å²) in [7, 11) is 0. The quantitative estimate of drug-likeness (QED) is 0.864. The van der Waals surface area contributed by atoms with Crippen molar-refractivity contribution in [2.24, 2.45) is 0 Å². The van der Waals surface area contributed by atoms with Gasteiger partial charge in [0, 0.05) is 6.04 Å². The SMILES string of the molecule is CCCNC(Cc1ccccc1)c1ccc2c(c1)COC2. The van der Waals surface area contributed by atoms with Gasteiger partial charge in [-0.2, -0.15) is 0 Å². The zero-order chi connectivity index (χ0) is 14.5. The molecule has 2 aromatic carbocycles. The smallest absolute Gasteiger partial charge is 0.0725 e. The minimum Gasteiger partial charge on any atom is -0.372 e. The van der Waals surface area contributed by atoms with Crippen molar-refractivity contribution >= 4 is 0 Å². The third-order valence-electron chi connectivity index (χ3n) is 4.07. The molecule has 2 heteroatoms. The Morgan fingerprint density at radius 1 is 1.05 bits per heavy atom. The Hall–Kier alpha value is -1.64. The third-order valence-corrected chi connectivity index (χ3v) is 4.07. The second-order valence-corrected chi connectivity index (χ2v) is 5.72. The van der Waals surface area contributed by atoms with Crippen molar-refractivity contribution in [3.05, 3.63) is 70.8 Å². The zero-order valence-corrected chi connectivity index (χ0v) is 12.6. The number of hydrogen-bond donors (Lipinski definition) is 1. The average Bonchev–Trinajstić information content (AvgIpc) is 3.00. The molecule has 1 N–H and O–H groups in total. The van der Waals surface area contributed by atoms with Crippen LogP contribution in [0.1, 0.15) is 41.6 Å². The summed E-state index contributed by atoms with van der Waals surface area (Å²) in [5.74, 6) is 0. The second kappa shape index (κ2) is 6.88. The van der Waals surface area contributed by atoms with Crippen molar-refractivity contribution < 1.29 is 4.74 Å². The number of ether oxygens (including phenoxy) is 1. The van der Waals surface area contributed by atoms with Crippen LogP contribution in [0.25, 0.3) is 0 Å². The molecular formula is C19H23NO. The molecule has 0 aliphatic carbocycles. The van der Waals surface area contributed by atoms with Gasteiger partial charge in [0.05, 0.1) is 13.2 Å². The summed E-state index contributed by atoms with van der Waals surface area (Å²) in [6, 6.07) is 17.9. The van der Waals surface area contributed by atoms with E-state index in [-0.39, 0.29) is 0 Å². The summed E-state index contributed by atoms with van der Waals surface area (Å²) in [4.78, 5) is 0. The summed E-state index contributed by atoms with van der Waals surface area (Å²) < 4.78 is 5.53. The van der Waals surface area contributed by atoms with E-state index in [1.807, 2.05) is 0 Å². The molecule has 0 bridgehead atoms. The van der Waals surface area contributed by atoms with Crippen LogP contribution in [-0.4, -0.2) is 6.54 Å². The van der Waals surface area contributed by atoms with Gasteiger partial charge in [0.25, 0.3) is 0 Å². The lowest BCUT2D eigenvalue weighted by Gasteiger charge is -2.20. The van der Waals surface area contributed by atoms with Crippen LogP contribution in [0.4, 0.5) is 0 Å². The average molecular weight is 281 g/mol. The van der Waals surface area contributed by atoms with Crippen LogP contribution in [0.5, 0.6) is 0 Å². The van der Waals surface area contributed by atoms with Crippen molar-refractivity contribution in [2.45, 2.75) is 39.0 Å². The number of fused-ring (bicyclic) bond motifs is 1. The maximum Gasteiger partial charge on any atom is 0.0725 e. The highest BCUT2D eigenvalue weighted by molar-refractivity contribution is 5.35. The van der Waals surface area contributed by atoms with Crippen molar-refractivity contribution in [1.29, 1.82) is 0 Å². The highest BCUT2D eigenvalue weighted by atomic mass is 16.5. The molecule has 0 aromatic heterocycles. The molecule has 2 aromatic rings. The second-order valence-electron chi connectivity index (χ2n) is 5.72. The Labute approximate surface area is 127 Å². The van der Waals surface area contributed by atoms with E-state index in [1.165, 1.54) is 22.3 Å². The standard InChI is InChI=1S/C19H23NO/c1-2-10-20-19(11-15-6-4-3-5-7-15)16-8-9-17-13-21-14-18(17)12-16/h3-9,12,19-20H,2,10-11,13-14H2,1H3. The van der Waals surface area contributed by atoms with E-state index < -0.39 is 0 Å². The molecule has 21 heavy (non-hydrogen) atoms. The first kappa shape index (κ1) is 14.3. The fraction of sp³-hybridized carbons (Fsp3) is 0.368. The van der Waals surface area contributed by atoms with E-state index in [1.54, 1.807) is 0 Å². The molecule has 2 nitrogen and oxygen atoms in total. The van der Waals surface area contributed by atoms with Gasteiger partial charge in [-0.25, -0.2) is 0 Å². The summed E-state index contributed by atoms with van der Waals surface area (Å²) in [6.07, 6.45) is 2.18. The van der Waals surface area contributed by atoms with Gasteiger partial charge in [-0.3, -0.25) is 0 Å².